The third-order valence-electron chi connectivity index (χ3n) is 2.89. The molecule has 0 aliphatic carbocycles. The van der Waals surface area contributed by atoms with E-state index in [0.717, 1.165) is 11.3 Å². The molecule has 1 heterocycles. The number of aromatic nitrogens is 3. The first-order chi connectivity index (χ1) is 10.2. The number of aliphatic hydroxyl groups excluding tert-OH is 1. The molecule has 0 atom stereocenters. The molecule has 8 heteroatoms. The minimum Gasteiger partial charge on any atom is -0.396 e. The summed E-state index contributed by atoms with van der Waals surface area (Å²) in [4.78, 5) is 10.3. The molecular weight excluding hydrogens is 274 g/mol. The molecule has 1 aromatic carbocycles. The molecule has 0 spiro atoms. The molecule has 0 aliphatic rings. The van der Waals surface area contributed by atoms with Crippen molar-refractivity contribution in [3.8, 4) is 0 Å². The Kier molecular flexibility index (Phi) is 5.35. The largest absolute Gasteiger partial charge is 0.396 e. The maximum Gasteiger partial charge on any atom is 0.269 e. The summed E-state index contributed by atoms with van der Waals surface area (Å²) >= 11 is 0. The van der Waals surface area contributed by atoms with Crippen molar-refractivity contribution in [2.75, 3.05) is 6.61 Å². The lowest BCUT2D eigenvalue weighted by molar-refractivity contribution is -0.384. The van der Waals surface area contributed by atoms with Crippen LogP contribution < -0.4 is 5.32 Å². The fourth-order valence-corrected chi connectivity index (χ4v) is 1.88. The van der Waals surface area contributed by atoms with Crippen LogP contribution in [0.15, 0.2) is 30.5 Å². The number of nitro groups is 1. The molecule has 0 fully saturated rings. The summed E-state index contributed by atoms with van der Waals surface area (Å²) in [7, 11) is 0. The lowest BCUT2D eigenvalue weighted by Gasteiger charge is -2.02. The van der Waals surface area contributed by atoms with Gasteiger partial charge in [0.2, 0.25) is 0 Å². The zero-order valence-electron chi connectivity index (χ0n) is 11.5. The maximum absolute atomic E-state index is 10.7. The Labute approximate surface area is 121 Å². The Hall–Kier alpha value is -2.32. The predicted octanol–water partition coefficient (Wildman–Crippen LogP) is 0.858. The van der Waals surface area contributed by atoms with Crippen molar-refractivity contribution in [3.63, 3.8) is 0 Å². The number of nitrogens with one attached hydrogen (secondary N) is 1. The molecule has 2 N–H and O–H groups in total. The second-order valence-electron chi connectivity index (χ2n) is 4.58. The van der Waals surface area contributed by atoms with Gasteiger partial charge in [0.1, 0.15) is 0 Å². The number of rotatable bonds is 8. The van der Waals surface area contributed by atoms with Gasteiger partial charge >= 0.3 is 0 Å². The van der Waals surface area contributed by atoms with Gasteiger partial charge < -0.3 is 10.4 Å². The Morgan fingerprint density at radius 3 is 3.00 bits per heavy atom. The smallest absolute Gasteiger partial charge is 0.269 e. The molecule has 1 aromatic heterocycles. The number of nitro benzene ring substituents is 1. The molecule has 112 valence electrons. The van der Waals surface area contributed by atoms with E-state index in [-0.39, 0.29) is 12.3 Å². The molecular formula is C13H17N5O3. The summed E-state index contributed by atoms with van der Waals surface area (Å²) in [5.74, 6) is 0. The zero-order valence-corrected chi connectivity index (χ0v) is 11.5. The minimum atomic E-state index is -0.407. The van der Waals surface area contributed by atoms with Crippen molar-refractivity contribution in [1.29, 1.82) is 0 Å². The SMILES string of the molecule is O=[N+]([O-])c1cccc(CNCc2cn(CCCO)nn2)c1. The van der Waals surface area contributed by atoms with Crippen molar-refractivity contribution < 1.29 is 10.0 Å². The summed E-state index contributed by atoms with van der Waals surface area (Å²) in [6, 6.07) is 6.51. The van der Waals surface area contributed by atoms with Crippen LogP contribution in [-0.2, 0) is 19.6 Å². The lowest BCUT2D eigenvalue weighted by atomic mass is 10.2. The summed E-state index contributed by atoms with van der Waals surface area (Å²) in [6.45, 7) is 1.81. The Bertz CT molecular complexity index is 599. The molecule has 2 rings (SSSR count). The van der Waals surface area contributed by atoms with E-state index in [2.05, 4.69) is 15.6 Å². The van der Waals surface area contributed by atoms with E-state index < -0.39 is 4.92 Å². The Morgan fingerprint density at radius 1 is 1.38 bits per heavy atom. The fraction of sp³-hybridized carbons (Fsp3) is 0.385. The number of aryl methyl sites for hydroxylation is 1. The molecule has 0 amide bonds. The molecule has 0 saturated heterocycles. The van der Waals surface area contributed by atoms with Crippen LogP contribution in [0.4, 0.5) is 5.69 Å². The van der Waals surface area contributed by atoms with Gasteiger partial charge in [-0.2, -0.15) is 0 Å². The summed E-state index contributed by atoms with van der Waals surface area (Å²) in [5, 5.41) is 30.5. The average molecular weight is 291 g/mol. The van der Waals surface area contributed by atoms with Crippen molar-refractivity contribution in [3.05, 3.63) is 51.8 Å². The van der Waals surface area contributed by atoms with Gasteiger partial charge in [-0.15, -0.1) is 5.10 Å². The van der Waals surface area contributed by atoms with Gasteiger partial charge in [-0.05, 0) is 12.0 Å². The van der Waals surface area contributed by atoms with Gasteiger partial charge in [-0.25, -0.2) is 0 Å². The van der Waals surface area contributed by atoms with E-state index in [0.29, 0.717) is 26.1 Å². The number of hydrogen-bond donors (Lipinski definition) is 2. The van der Waals surface area contributed by atoms with Crippen LogP contribution in [0, 0.1) is 10.1 Å². The highest BCUT2D eigenvalue weighted by molar-refractivity contribution is 5.34. The second-order valence-corrected chi connectivity index (χ2v) is 4.58. The third-order valence-corrected chi connectivity index (χ3v) is 2.89. The predicted molar refractivity (Wildman–Crippen MR) is 75.4 cm³/mol. The fourth-order valence-electron chi connectivity index (χ4n) is 1.88. The van der Waals surface area contributed by atoms with E-state index in [1.807, 2.05) is 12.3 Å². The molecule has 0 aliphatic heterocycles. The first-order valence-corrected chi connectivity index (χ1v) is 6.63. The number of nitrogens with zero attached hydrogens (tertiary/aromatic N) is 4. The highest BCUT2D eigenvalue weighted by Gasteiger charge is 2.05. The normalized spacial score (nSPS) is 10.7. The lowest BCUT2D eigenvalue weighted by Crippen LogP contribution is -2.13. The van der Waals surface area contributed by atoms with Crippen molar-refractivity contribution in [2.24, 2.45) is 0 Å². The average Bonchev–Trinajstić information content (AvgIpc) is 2.93. The van der Waals surface area contributed by atoms with Gasteiger partial charge in [-0.1, -0.05) is 17.3 Å². The van der Waals surface area contributed by atoms with Crippen molar-refractivity contribution in [2.45, 2.75) is 26.1 Å². The van der Waals surface area contributed by atoms with Crippen LogP contribution in [0.5, 0.6) is 0 Å². The standard InChI is InChI=1S/C13H17N5O3/c19-6-2-5-17-10-12(15-16-17)9-14-8-11-3-1-4-13(7-11)18(20)21/h1,3-4,7,10,14,19H,2,5-6,8-9H2. The molecule has 21 heavy (non-hydrogen) atoms. The first kappa shape index (κ1) is 15.1. The highest BCUT2D eigenvalue weighted by Crippen LogP contribution is 2.12. The summed E-state index contributed by atoms with van der Waals surface area (Å²) in [6.07, 6.45) is 2.46. The van der Waals surface area contributed by atoms with E-state index in [1.165, 1.54) is 6.07 Å². The quantitative estimate of drug-likeness (QED) is 0.552. The number of hydrogen-bond acceptors (Lipinski definition) is 6. The number of non-ortho nitro benzene ring substituents is 1. The van der Waals surface area contributed by atoms with Gasteiger partial charge in [-0.3, -0.25) is 14.8 Å². The molecule has 0 bridgehead atoms. The highest BCUT2D eigenvalue weighted by atomic mass is 16.6. The molecule has 0 saturated carbocycles. The van der Waals surface area contributed by atoms with E-state index >= 15 is 0 Å². The van der Waals surface area contributed by atoms with Gasteiger partial charge in [0.25, 0.3) is 5.69 Å². The van der Waals surface area contributed by atoms with Crippen LogP contribution in [0.25, 0.3) is 0 Å². The first-order valence-electron chi connectivity index (χ1n) is 6.63. The number of benzene rings is 1. The molecule has 0 unspecified atom stereocenters. The van der Waals surface area contributed by atoms with Gasteiger partial charge in [0.15, 0.2) is 0 Å². The minimum absolute atomic E-state index is 0.0873. The van der Waals surface area contributed by atoms with Crippen LogP contribution in [-0.4, -0.2) is 31.6 Å². The van der Waals surface area contributed by atoms with Crippen LogP contribution >= 0.6 is 0 Å². The molecule has 2 aromatic rings. The van der Waals surface area contributed by atoms with Crippen molar-refractivity contribution >= 4 is 5.69 Å². The second kappa shape index (κ2) is 7.46. The van der Waals surface area contributed by atoms with Crippen LogP contribution in [0.2, 0.25) is 0 Å². The molecule has 8 nitrogen and oxygen atoms in total. The monoisotopic (exact) mass is 291 g/mol. The third kappa shape index (κ3) is 4.62. The number of aliphatic hydroxyl groups is 1. The Morgan fingerprint density at radius 2 is 2.24 bits per heavy atom. The molecule has 0 radical (unpaired) electrons. The maximum atomic E-state index is 10.7. The Balaban J connectivity index is 1.82. The summed E-state index contributed by atoms with van der Waals surface area (Å²) < 4.78 is 1.68. The van der Waals surface area contributed by atoms with Gasteiger partial charge in [0, 0.05) is 44.6 Å². The van der Waals surface area contributed by atoms with Crippen LogP contribution in [0.3, 0.4) is 0 Å². The van der Waals surface area contributed by atoms with Crippen LogP contribution in [0.1, 0.15) is 17.7 Å². The van der Waals surface area contributed by atoms with E-state index in [4.69, 9.17) is 5.11 Å². The van der Waals surface area contributed by atoms with E-state index in [9.17, 15) is 10.1 Å². The topological polar surface area (TPSA) is 106 Å². The van der Waals surface area contributed by atoms with E-state index in [1.54, 1.807) is 16.8 Å². The van der Waals surface area contributed by atoms with Gasteiger partial charge in [0.05, 0.1) is 10.6 Å². The van der Waals surface area contributed by atoms with Crippen molar-refractivity contribution in [1.82, 2.24) is 20.3 Å². The summed E-state index contributed by atoms with van der Waals surface area (Å²) in [5.41, 5.74) is 1.72. The zero-order chi connectivity index (χ0) is 15.1.